The first-order chi connectivity index (χ1) is 6.59. The summed E-state index contributed by atoms with van der Waals surface area (Å²) in [6, 6.07) is 8.64. The van der Waals surface area contributed by atoms with Crippen LogP contribution in [0.1, 0.15) is 37.1 Å². The molecule has 1 unspecified atom stereocenters. The Kier molecular flexibility index (Phi) is 4.27. The molecule has 0 aliphatic rings. The second kappa shape index (κ2) is 5.26. The van der Waals surface area contributed by atoms with Crippen molar-refractivity contribution in [1.29, 1.82) is 0 Å². The molecule has 1 atom stereocenters. The van der Waals surface area contributed by atoms with E-state index in [4.69, 9.17) is 0 Å². The SMILES string of the molecule is CC(C)=CCc1cccc(C(C)S)c1. The van der Waals surface area contributed by atoms with E-state index in [1.807, 2.05) is 0 Å². The molecule has 76 valence electrons. The Hall–Kier alpha value is -0.690. The lowest BCUT2D eigenvalue weighted by atomic mass is 10.1. The highest BCUT2D eigenvalue weighted by Gasteiger charge is 1.99. The smallest absolute Gasteiger partial charge is 0.0238 e. The normalized spacial score (nSPS) is 12.3. The van der Waals surface area contributed by atoms with Gasteiger partial charge in [0.1, 0.15) is 0 Å². The van der Waals surface area contributed by atoms with E-state index in [2.05, 4.69) is 63.7 Å². The fraction of sp³-hybridized carbons (Fsp3) is 0.385. The van der Waals surface area contributed by atoms with Crippen molar-refractivity contribution >= 4 is 12.6 Å². The molecule has 0 aliphatic carbocycles. The Balaban J connectivity index is 2.79. The minimum Gasteiger partial charge on any atom is -0.171 e. The second-order valence-electron chi connectivity index (χ2n) is 3.91. The molecule has 0 aromatic heterocycles. The highest BCUT2D eigenvalue weighted by Crippen LogP contribution is 2.19. The van der Waals surface area contributed by atoms with Crippen LogP contribution in [0.5, 0.6) is 0 Å². The van der Waals surface area contributed by atoms with E-state index < -0.39 is 0 Å². The standard InChI is InChI=1S/C13H18S/c1-10(2)7-8-12-5-4-6-13(9-12)11(3)14/h4-7,9,11,14H,8H2,1-3H3. The third-order valence-electron chi connectivity index (χ3n) is 2.18. The van der Waals surface area contributed by atoms with Gasteiger partial charge in [0.05, 0.1) is 0 Å². The lowest BCUT2D eigenvalue weighted by molar-refractivity contribution is 1.09. The summed E-state index contributed by atoms with van der Waals surface area (Å²) in [7, 11) is 0. The number of allylic oxidation sites excluding steroid dienone is 2. The van der Waals surface area contributed by atoms with Crippen LogP contribution in [0.4, 0.5) is 0 Å². The van der Waals surface area contributed by atoms with Gasteiger partial charge in [-0.25, -0.2) is 0 Å². The van der Waals surface area contributed by atoms with Crippen molar-refractivity contribution < 1.29 is 0 Å². The van der Waals surface area contributed by atoms with E-state index in [9.17, 15) is 0 Å². The van der Waals surface area contributed by atoms with E-state index in [0.717, 1.165) is 6.42 Å². The monoisotopic (exact) mass is 206 g/mol. The molecule has 0 bridgehead atoms. The molecule has 0 spiro atoms. The Labute approximate surface area is 92.5 Å². The van der Waals surface area contributed by atoms with Gasteiger partial charge >= 0.3 is 0 Å². The van der Waals surface area contributed by atoms with Gasteiger partial charge in [0.2, 0.25) is 0 Å². The van der Waals surface area contributed by atoms with E-state index in [-0.39, 0.29) is 0 Å². The maximum absolute atomic E-state index is 4.43. The van der Waals surface area contributed by atoms with E-state index in [1.54, 1.807) is 0 Å². The first-order valence-corrected chi connectivity index (χ1v) is 5.51. The summed E-state index contributed by atoms with van der Waals surface area (Å²) in [6.07, 6.45) is 3.28. The molecule has 14 heavy (non-hydrogen) atoms. The summed E-state index contributed by atoms with van der Waals surface area (Å²) >= 11 is 4.43. The molecule has 0 heterocycles. The van der Waals surface area contributed by atoms with Gasteiger partial charge in [0.25, 0.3) is 0 Å². The lowest BCUT2D eigenvalue weighted by Gasteiger charge is -2.06. The maximum Gasteiger partial charge on any atom is 0.0238 e. The molecular weight excluding hydrogens is 188 g/mol. The molecule has 1 heteroatoms. The van der Waals surface area contributed by atoms with Crippen LogP contribution in [0.15, 0.2) is 35.9 Å². The third kappa shape index (κ3) is 3.59. The van der Waals surface area contributed by atoms with Gasteiger partial charge in [-0.1, -0.05) is 35.9 Å². The van der Waals surface area contributed by atoms with E-state index in [0.29, 0.717) is 5.25 Å². The Bertz CT molecular complexity index is 320. The van der Waals surface area contributed by atoms with Crippen LogP contribution >= 0.6 is 12.6 Å². The molecule has 0 N–H and O–H groups in total. The Morgan fingerprint density at radius 1 is 1.43 bits per heavy atom. The summed E-state index contributed by atoms with van der Waals surface area (Å²) < 4.78 is 0. The molecule has 0 saturated heterocycles. The molecule has 0 radical (unpaired) electrons. The lowest BCUT2D eigenvalue weighted by Crippen LogP contribution is -1.88. The molecule has 1 rings (SSSR count). The average molecular weight is 206 g/mol. The van der Waals surface area contributed by atoms with Crippen LogP contribution in [-0.4, -0.2) is 0 Å². The largest absolute Gasteiger partial charge is 0.171 e. The second-order valence-corrected chi connectivity index (χ2v) is 4.68. The van der Waals surface area contributed by atoms with Crippen molar-refractivity contribution in [2.45, 2.75) is 32.4 Å². The van der Waals surface area contributed by atoms with Crippen molar-refractivity contribution in [2.24, 2.45) is 0 Å². The highest BCUT2D eigenvalue weighted by molar-refractivity contribution is 7.80. The maximum atomic E-state index is 4.43. The van der Waals surface area contributed by atoms with Crippen molar-refractivity contribution in [2.75, 3.05) is 0 Å². The summed E-state index contributed by atoms with van der Waals surface area (Å²) in [5.74, 6) is 0. The van der Waals surface area contributed by atoms with Crippen molar-refractivity contribution in [3.63, 3.8) is 0 Å². The zero-order valence-corrected chi connectivity index (χ0v) is 10.0. The molecule has 0 aliphatic heterocycles. The number of thiol groups is 1. The van der Waals surface area contributed by atoms with Crippen LogP contribution in [0, 0.1) is 0 Å². The third-order valence-corrected chi connectivity index (χ3v) is 2.48. The molecule has 0 nitrogen and oxygen atoms in total. The number of hydrogen-bond donors (Lipinski definition) is 1. The molecule has 0 fully saturated rings. The molecule has 0 amide bonds. The Morgan fingerprint density at radius 2 is 2.14 bits per heavy atom. The van der Waals surface area contributed by atoms with Crippen LogP contribution in [-0.2, 0) is 6.42 Å². The Morgan fingerprint density at radius 3 is 2.71 bits per heavy atom. The van der Waals surface area contributed by atoms with Gasteiger partial charge in [0.15, 0.2) is 0 Å². The van der Waals surface area contributed by atoms with Crippen molar-refractivity contribution in [3.8, 4) is 0 Å². The van der Waals surface area contributed by atoms with E-state index in [1.165, 1.54) is 16.7 Å². The van der Waals surface area contributed by atoms with Crippen molar-refractivity contribution in [1.82, 2.24) is 0 Å². The van der Waals surface area contributed by atoms with Gasteiger partial charge in [-0.05, 0) is 38.3 Å². The highest BCUT2D eigenvalue weighted by atomic mass is 32.1. The topological polar surface area (TPSA) is 0 Å². The van der Waals surface area contributed by atoms with Crippen LogP contribution < -0.4 is 0 Å². The van der Waals surface area contributed by atoms with Gasteiger partial charge in [-0.3, -0.25) is 0 Å². The predicted molar refractivity (Wildman–Crippen MR) is 67.0 cm³/mol. The quantitative estimate of drug-likeness (QED) is 0.556. The fourth-order valence-electron chi connectivity index (χ4n) is 1.30. The first-order valence-electron chi connectivity index (χ1n) is 5.00. The minimum absolute atomic E-state index is 0.321. The van der Waals surface area contributed by atoms with Crippen molar-refractivity contribution in [3.05, 3.63) is 47.0 Å². The van der Waals surface area contributed by atoms with Crippen LogP contribution in [0.25, 0.3) is 0 Å². The van der Waals surface area contributed by atoms with Crippen LogP contribution in [0.3, 0.4) is 0 Å². The predicted octanol–water partition coefficient (Wildman–Crippen LogP) is 4.19. The van der Waals surface area contributed by atoms with Gasteiger partial charge in [-0.2, -0.15) is 12.6 Å². The number of benzene rings is 1. The fourth-order valence-corrected chi connectivity index (χ4v) is 1.46. The molecular formula is C13H18S. The average Bonchev–Trinajstić information content (AvgIpc) is 2.15. The molecule has 1 aromatic rings. The summed E-state index contributed by atoms with van der Waals surface area (Å²) in [6.45, 7) is 6.36. The number of hydrogen-bond acceptors (Lipinski definition) is 1. The molecule has 0 saturated carbocycles. The molecule has 1 aromatic carbocycles. The van der Waals surface area contributed by atoms with E-state index >= 15 is 0 Å². The summed E-state index contributed by atoms with van der Waals surface area (Å²) in [5.41, 5.74) is 4.03. The summed E-state index contributed by atoms with van der Waals surface area (Å²) in [4.78, 5) is 0. The van der Waals surface area contributed by atoms with Crippen LogP contribution in [0.2, 0.25) is 0 Å². The zero-order valence-electron chi connectivity index (χ0n) is 9.12. The minimum atomic E-state index is 0.321. The summed E-state index contributed by atoms with van der Waals surface area (Å²) in [5, 5.41) is 0.321. The zero-order chi connectivity index (χ0) is 10.6. The van der Waals surface area contributed by atoms with Gasteiger partial charge in [-0.15, -0.1) is 0 Å². The van der Waals surface area contributed by atoms with Gasteiger partial charge in [0, 0.05) is 5.25 Å². The number of rotatable bonds is 3. The first kappa shape index (κ1) is 11.4. The van der Waals surface area contributed by atoms with Gasteiger partial charge < -0.3 is 0 Å².